The van der Waals surface area contributed by atoms with E-state index in [1.165, 1.54) is 39.0 Å². The van der Waals surface area contributed by atoms with E-state index < -0.39 is 0 Å². The van der Waals surface area contributed by atoms with Crippen LogP contribution in [0.15, 0.2) is 24.3 Å². The normalized spacial score (nSPS) is 23.5. The maximum Gasteiger partial charge on any atom is 0.221 e. The van der Waals surface area contributed by atoms with Gasteiger partial charge in [-0.25, -0.2) is 0 Å². The van der Waals surface area contributed by atoms with Crippen molar-refractivity contribution < 1.29 is 4.79 Å². The molecule has 1 aromatic carbocycles. The monoisotopic (exact) mass is 260 g/mol. The molecule has 3 heteroatoms. The van der Waals surface area contributed by atoms with Crippen LogP contribution in [0.1, 0.15) is 46.0 Å². The highest BCUT2D eigenvalue weighted by Crippen LogP contribution is 2.25. The van der Waals surface area contributed by atoms with Gasteiger partial charge in [0.15, 0.2) is 0 Å². The van der Waals surface area contributed by atoms with Gasteiger partial charge in [0, 0.05) is 24.3 Å². The number of hydrogen-bond donors (Lipinski definition) is 2. The lowest BCUT2D eigenvalue weighted by Crippen LogP contribution is -2.18. The summed E-state index contributed by atoms with van der Waals surface area (Å²) in [5, 5.41) is 6.43. The summed E-state index contributed by atoms with van der Waals surface area (Å²) in [7, 11) is 0. The largest absolute Gasteiger partial charge is 0.382 e. The van der Waals surface area contributed by atoms with E-state index in [2.05, 4.69) is 23.6 Å². The number of rotatable bonds is 3. The number of nitrogens with one attached hydrogen (secondary N) is 2. The van der Waals surface area contributed by atoms with Gasteiger partial charge in [-0.15, -0.1) is 0 Å². The third-order valence-corrected chi connectivity index (χ3v) is 3.81. The molecule has 1 fully saturated rings. The zero-order valence-corrected chi connectivity index (χ0v) is 11.9. The lowest BCUT2D eigenvalue weighted by atomic mass is 10.0. The zero-order valence-electron chi connectivity index (χ0n) is 11.9. The van der Waals surface area contributed by atoms with Crippen molar-refractivity contribution >= 4 is 17.3 Å². The number of carbonyl (C=O) groups excluding carboxylic acids is 1. The average molecular weight is 260 g/mol. The third kappa shape index (κ3) is 4.58. The molecule has 0 radical (unpaired) electrons. The predicted octanol–water partition coefficient (Wildman–Crippen LogP) is 4.03. The molecule has 0 spiro atoms. The summed E-state index contributed by atoms with van der Waals surface area (Å²) in [6.07, 6.45) is 6.46. The van der Waals surface area contributed by atoms with Gasteiger partial charge >= 0.3 is 0 Å². The molecule has 2 unspecified atom stereocenters. The van der Waals surface area contributed by atoms with Gasteiger partial charge in [-0.05, 0) is 43.4 Å². The molecule has 0 bridgehead atoms. The van der Waals surface area contributed by atoms with E-state index in [1.54, 1.807) is 0 Å². The second-order valence-corrected chi connectivity index (χ2v) is 5.72. The number of benzene rings is 1. The van der Waals surface area contributed by atoms with Crippen molar-refractivity contribution in [3.05, 3.63) is 24.3 Å². The second kappa shape index (κ2) is 6.60. The van der Waals surface area contributed by atoms with Crippen LogP contribution < -0.4 is 10.6 Å². The van der Waals surface area contributed by atoms with E-state index in [9.17, 15) is 4.79 Å². The van der Waals surface area contributed by atoms with Crippen molar-refractivity contribution in [3.63, 3.8) is 0 Å². The summed E-state index contributed by atoms with van der Waals surface area (Å²) in [4.78, 5) is 11.1. The van der Waals surface area contributed by atoms with Gasteiger partial charge in [-0.3, -0.25) is 4.79 Å². The lowest BCUT2D eigenvalue weighted by Gasteiger charge is -2.18. The van der Waals surface area contributed by atoms with E-state index in [0.29, 0.717) is 6.04 Å². The number of carbonyl (C=O) groups is 1. The van der Waals surface area contributed by atoms with Gasteiger partial charge in [0.2, 0.25) is 5.91 Å². The van der Waals surface area contributed by atoms with Crippen molar-refractivity contribution in [3.8, 4) is 0 Å². The Morgan fingerprint density at radius 3 is 2.74 bits per heavy atom. The Kier molecular flexibility index (Phi) is 4.83. The number of hydrogen-bond acceptors (Lipinski definition) is 2. The highest BCUT2D eigenvalue weighted by atomic mass is 16.1. The van der Waals surface area contributed by atoms with Crippen LogP contribution in [-0.2, 0) is 4.79 Å². The standard InChI is InChI=1S/C16H24N2O/c1-12-5-3-6-14(10-9-12)18-16-8-4-7-15(11-16)17-13(2)19/h4,7-8,11-12,14,18H,3,5-6,9-10H2,1-2H3,(H,17,19). The molecule has 1 aliphatic carbocycles. The molecule has 1 amide bonds. The molecule has 0 heterocycles. The summed E-state index contributed by atoms with van der Waals surface area (Å²) in [6.45, 7) is 3.88. The molecule has 3 nitrogen and oxygen atoms in total. The minimum absolute atomic E-state index is 0.0274. The van der Waals surface area contributed by atoms with E-state index in [0.717, 1.165) is 17.3 Å². The van der Waals surface area contributed by atoms with Gasteiger partial charge in [0.25, 0.3) is 0 Å². The van der Waals surface area contributed by atoms with E-state index >= 15 is 0 Å². The van der Waals surface area contributed by atoms with Crippen LogP contribution in [0, 0.1) is 5.92 Å². The smallest absolute Gasteiger partial charge is 0.221 e. The molecule has 2 rings (SSSR count). The van der Waals surface area contributed by atoms with Gasteiger partial charge in [-0.1, -0.05) is 25.8 Å². The highest BCUT2D eigenvalue weighted by molar-refractivity contribution is 5.89. The minimum Gasteiger partial charge on any atom is -0.382 e. The van der Waals surface area contributed by atoms with E-state index in [-0.39, 0.29) is 5.91 Å². The summed E-state index contributed by atoms with van der Waals surface area (Å²) in [6, 6.07) is 8.54. The first-order valence-corrected chi connectivity index (χ1v) is 7.27. The second-order valence-electron chi connectivity index (χ2n) is 5.72. The molecule has 1 aliphatic rings. The third-order valence-electron chi connectivity index (χ3n) is 3.81. The summed E-state index contributed by atoms with van der Waals surface area (Å²) in [5.41, 5.74) is 1.96. The topological polar surface area (TPSA) is 41.1 Å². The van der Waals surface area contributed by atoms with Crippen LogP contribution in [0.5, 0.6) is 0 Å². The SMILES string of the molecule is CC(=O)Nc1cccc(NC2CCCC(C)CC2)c1. The van der Waals surface area contributed by atoms with Crippen LogP contribution in [0.4, 0.5) is 11.4 Å². The Bertz CT molecular complexity index is 431. The fourth-order valence-corrected chi connectivity index (χ4v) is 2.76. The number of anilines is 2. The molecular formula is C16H24N2O. The number of amides is 1. The van der Waals surface area contributed by atoms with Gasteiger partial charge < -0.3 is 10.6 Å². The lowest BCUT2D eigenvalue weighted by molar-refractivity contribution is -0.114. The zero-order chi connectivity index (χ0) is 13.7. The Hall–Kier alpha value is -1.51. The van der Waals surface area contributed by atoms with E-state index in [1.807, 2.05) is 18.2 Å². The van der Waals surface area contributed by atoms with Crippen molar-refractivity contribution in [2.24, 2.45) is 5.92 Å². The van der Waals surface area contributed by atoms with Crippen LogP contribution in [-0.4, -0.2) is 11.9 Å². The molecule has 1 saturated carbocycles. The first kappa shape index (κ1) is 13.9. The molecule has 1 aromatic rings. The maximum absolute atomic E-state index is 11.1. The first-order valence-electron chi connectivity index (χ1n) is 7.27. The molecule has 19 heavy (non-hydrogen) atoms. The molecule has 0 saturated heterocycles. The summed E-state index contributed by atoms with van der Waals surface area (Å²) < 4.78 is 0. The van der Waals surface area contributed by atoms with Crippen LogP contribution in [0.25, 0.3) is 0 Å². The van der Waals surface area contributed by atoms with Crippen molar-refractivity contribution in [2.45, 2.75) is 52.0 Å². The van der Waals surface area contributed by atoms with Crippen LogP contribution in [0.3, 0.4) is 0 Å². The van der Waals surface area contributed by atoms with Gasteiger partial charge in [-0.2, -0.15) is 0 Å². The molecule has 2 atom stereocenters. The Morgan fingerprint density at radius 2 is 1.95 bits per heavy atom. The summed E-state index contributed by atoms with van der Waals surface area (Å²) >= 11 is 0. The molecule has 0 aliphatic heterocycles. The van der Waals surface area contributed by atoms with E-state index in [4.69, 9.17) is 0 Å². The van der Waals surface area contributed by atoms with Crippen molar-refractivity contribution in [1.82, 2.24) is 0 Å². The van der Waals surface area contributed by atoms with Gasteiger partial charge in [0.05, 0.1) is 0 Å². The van der Waals surface area contributed by atoms with Crippen molar-refractivity contribution in [1.29, 1.82) is 0 Å². The fourth-order valence-electron chi connectivity index (χ4n) is 2.76. The average Bonchev–Trinajstić information content (AvgIpc) is 2.54. The highest BCUT2D eigenvalue weighted by Gasteiger charge is 2.15. The van der Waals surface area contributed by atoms with Crippen LogP contribution in [0.2, 0.25) is 0 Å². The Morgan fingerprint density at radius 1 is 1.16 bits per heavy atom. The van der Waals surface area contributed by atoms with Crippen molar-refractivity contribution in [2.75, 3.05) is 10.6 Å². The fraction of sp³-hybridized carbons (Fsp3) is 0.562. The molecule has 104 valence electrons. The maximum atomic E-state index is 11.1. The Balaban J connectivity index is 1.96. The summed E-state index contributed by atoms with van der Waals surface area (Å²) in [5.74, 6) is 0.831. The quantitative estimate of drug-likeness (QED) is 0.806. The van der Waals surface area contributed by atoms with Gasteiger partial charge in [0.1, 0.15) is 0 Å². The van der Waals surface area contributed by atoms with Crippen LogP contribution >= 0.6 is 0 Å². The first-order chi connectivity index (χ1) is 9.13. The minimum atomic E-state index is -0.0274. The molecule has 2 N–H and O–H groups in total. The Labute approximate surface area is 115 Å². The molecular weight excluding hydrogens is 236 g/mol. The molecule has 0 aromatic heterocycles. The predicted molar refractivity (Wildman–Crippen MR) is 80.4 cm³/mol.